The number of para-hydroxylation sites is 1. The van der Waals surface area contributed by atoms with E-state index in [0.29, 0.717) is 5.69 Å². The quantitative estimate of drug-likeness (QED) is 0.167. The lowest BCUT2D eigenvalue weighted by atomic mass is 9.90. The maximum atomic E-state index is 7.56. The molecule has 0 aliphatic rings. The van der Waals surface area contributed by atoms with E-state index in [-0.39, 0.29) is 0 Å². The van der Waals surface area contributed by atoms with Crippen molar-refractivity contribution in [2.24, 2.45) is 0 Å². The minimum absolute atomic E-state index is 0.658. The molecule has 0 N–H and O–H groups in total. The van der Waals surface area contributed by atoms with E-state index in [1.807, 2.05) is 18.2 Å². The first-order chi connectivity index (χ1) is 19.3. The summed E-state index contributed by atoms with van der Waals surface area (Å²) in [4.78, 5) is 3.70. The van der Waals surface area contributed by atoms with Crippen molar-refractivity contribution in [3.63, 3.8) is 0 Å². The van der Waals surface area contributed by atoms with E-state index in [9.17, 15) is 0 Å². The van der Waals surface area contributed by atoms with Crippen LogP contribution >= 0.6 is 0 Å². The van der Waals surface area contributed by atoms with Gasteiger partial charge >= 0.3 is 0 Å². The van der Waals surface area contributed by atoms with Crippen LogP contribution in [0.25, 0.3) is 75.8 Å². The van der Waals surface area contributed by atoms with Gasteiger partial charge in [0.15, 0.2) is 5.69 Å². The topological polar surface area (TPSA) is 9.29 Å². The highest BCUT2D eigenvalue weighted by atomic mass is 15.0. The molecule has 0 radical (unpaired) electrons. The number of nitrogens with zero attached hydrogens (tertiary/aromatic N) is 2. The van der Waals surface area contributed by atoms with Crippen LogP contribution in [0.2, 0.25) is 0 Å². The van der Waals surface area contributed by atoms with Crippen molar-refractivity contribution in [2.45, 2.75) is 0 Å². The van der Waals surface area contributed by atoms with Gasteiger partial charge in [0.05, 0.1) is 17.6 Å². The van der Waals surface area contributed by atoms with Crippen LogP contribution in [0, 0.1) is 6.57 Å². The van der Waals surface area contributed by atoms with Crippen molar-refractivity contribution >= 4 is 59.8 Å². The van der Waals surface area contributed by atoms with Crippen LogP contribution in [0.15, 0.2) is 133 Å². The normalized spacial score (nSPS) is 11.6. The molecule has 0 atom stereocenters. The second-order valence-corrected chi connectivity index (χ2v) is 10.1. The molecule has 0 saturated carbocycles. The zero-order valence-corrected chi connectivity index (χ0v) is 21.1. The molecule has 0 aliphatic carbocycles. The van der Waals surface area contributed by atoms with E-state index in [1.54, 1.807) is 0 Å². The lowest BCUT2D eigenvalue weighted by molar-refractivity contribution is 1.18. The Morgan fingerprint density at radius 1 is 0.462 bits per heavy atom. The number of benzene rings is 7. The third-order valence-corrected chi connectivity index (χ3v) is 7.97. The van der Waals surface area contributed by atoms with Crippen molar-refractivity contribution < 1.29 is 0 Å². The van der Waals surface area contributed by atoms with Crippen molar-refractivity contribution in [3.05, 3.63) is 145 Å². The summed E-state index contributed by atoms with van der Waals surface area (Å²) in [5.41, 5.74) is 6.42. The Morgan fingerprint density at radius 3 is 2.03 bits per heavy atom. The lowest BCUT2D eigenvalue weighted by Gasteiger charge is -2.14. The Labute approximate surface area is 225 Å². The molecule has 1 aromatic heterocycles. The monoisotopic (exact) mass is 494 g/mol. The number of aromatic nitrogens is 1. The van der Waals surface area contributed by atoms with E-state index in [0.717, 1.165) is 27.5 Å². The highest BCUT2D eigenvalue weighted by Crippen LogP contribution is 2.41. The average molecular weight is 495 g/mol. The summed E-state index contributed by atoms with van der Waals surface area (Å²) in [6.45, 7) is 7.56. The van der Waals surface area contributed by atoms with Crippen molar-refractivity contribution in [2.75, 3.05) is 0 Å². The minimum Gasteiger partial charge on any atom is -0.309 e. The van der Waals surface area contributed by atoms with Gasteiger partial charge < -0.3 is 4.57 Å². The minimum atomic E-state index is 0.658. The fraction of sp³-hybridized carbons (Fsp3) is 0. The van der Waals surface area contributed by atoms with Gasteiger partial charge in [0.25, 0.3) is 0 Å². The molecule has 8 rings (SSSR count). The third kappa shape index (κ3) is 3.21. The van der Waals surface area contributed by atoms with Crippen molar-refractivity contribution in [1.82, 2.24) is 4.57 Å². The molecule has 2 heteroatoms. The first-order valence-corrected chi connectivity index (χ1v) is 13.1. The summed E-state index contributed by atoms with van der Waals surface area (Å²) in [5, 5.41) is 9.83. The van der Waals surface area contributed by atoms with Crippen LogP contribution in [0.3, 0.4) is 0 Å². The van der Waals surface area contributed by atoms with Crippen LogP contribution in [-0.2, 0) is 0 Å². The van der Waals surface area contributed by atoms with E-state index >= 15 is 0 Å². The SMILES string of the molecule is [C-]#[N+]c1ccc2c(c1)c1ccc(-c3cc4c5ccccc5ccc4c4ccccc34)cc1n2-c1ccccc1. The molecule has 0 unspecified atom stereocenters. The zero-order valence-electron chi connectivity index (χ0n) is 21.1. The second-order valence-electron chi connectivity index (χ2n) is 10.1. The number of fused-ring (bicyclic) bond motifs is 8. The van der Waals surface area contributed by atoms with Crippen LogP contribution in [-0.4, -0.2) is 4.57 Å². The molecular weight excluding hydrogens is 472 g/mol. The van der Waals surface area contributed by atoms with Crippen LogP contribution in [0.4, 0.5) is 5.69 Å². The first-order valence-electron chi connectivity index (χ1n) is 13.1. The van der Waals surface area contributed by atoms with Crippen molar-refractivity contribution in [1.29, 1.82) is 0 Å². The van der Waals surface area contributed by atoms with Gasteiger partial charge in [0.2, 0.25) is 0 Å². The molecular formula is C37H22N2. The maximum Gasteiger partial charge on any atom is 0.188 e. The summed E-state index contributed by atoms with van der Waals surface area (Å²) < 4.78 is 2.32. The summed E-state index contributed by atoms with van der Waals surface area (Å²) >= 11 is 0. The average Bonchev–Trinajstić information content (AvgIpc) is 3.33. The Bertz CT molecular complexity index is 2280. The predicted molar refractivity (Wildman–Crippen MR) is 165 cm³/mol. The molecule has 0 aliphatic heterocycles. The van der Waals surface area contributed by atoms with Gasteiger partial charge in [-0.2, -0.15) is 0 Å². The summed E-state index contributed by atoms with van der Waals surface area (Å²) in [7, 11) is 0. The molecule has 0 bridgehead atoms. The van der Waals surface area contributed by atoms with Gasteiger partial charge in [-0.25, -0.2) is 4.85 Å². The van der Waals surface area contributed by atoms with Gasteiger partial charge in [0.1, 0.15) is 0 Å². The highest BCUT2D eigenvalue weighted by Gasteiger charge is 2.16. The smallest absolute Gasteiger partial charge is 0.188 e. The second kappa shape index (κ2) is 8.31. The molecule has 180 valence electrons. The fourth-order valence-corrected chi connectivity index (χ4v) is 6.20. The van der Waals surface area contributed by atoms with E-state index in [2.05, 4.69) is 125 Å². The Hall–Kier alpha value is -5.39. The lowest BCUT2D eigenvalue weighted by Crippen LogP contribution is -1.93. The van der Waals surface area contributed by atoms with E-state index < -0.39 is 0 Å². The van der Waals surface area contributed by atoms with Crippen molar-refractivity contribution in [3.8, 4) is 16.8 Å². The summed E-state index contributed by atoms with van der Waals surface area (Å²) in [5.74, 6) is 0. The molecule has 0 amide bonds. The van der Waals surface area contributed by atoms with Crippen LogP contribution in [0.1, 0.15) is 0 Å². The van der Waals surface area contributed by atoms with Crippen LogP contribution < -0.4 is 0 Å². The molecule has 7 aromatic carbocycles. The van der Waals surface area contributed by atoms with E-state index in [1.165, 1.54) is 43.4 Å². The Balaban J connectivity index is 1.49. The fourth-order valence-electron chi connectivity index (χ4n) is 6.20. The molecule has 39 heavy (non-hydrogen) atoms. The van der Waals surface area contributed by atoms with Gasteiger partial charge in [-0.3, -0.25) is 0 Å². The molecule has 1 heterocycles. The molecule has 8 aromatic rings. The molecule has 0 saturated heterocycles. The first kappa shape index (κ1) is 21.7. The number of hydrogen-bond acceptors (Lipinski definition) is 0. The number of hydrogen-bond donors (Lipinski definition) is 0. The molecule has 0 spiro atoms. The number of rotatable bonds is 2. The van der Waals surface area contributed by atoms with Gasteiger partial charge in [-0.05, 0) is 85.2 Å². The zero-order chi connectivity index (χ0) is 25.9. The Morgan fingerprint density at radius 2 is 1.18 bits per heavy atom. The third-order valence-electron chi connectivity index (χ3n) is 7.97. The van der Waals surface area contributed by atoms with Gasteiger partial charge in [0, 0.05) is 11.1 Å². The Kier molecular flexibility index (Phi) is 4.62. The maximum absolute atomic E-state index is 7.56. The molecule has 0 fully saturated rings. The summed E-state index contributed by atoms with van der Waals surface area (Å²) in [6.07, 6.45) is 0. The van der Waals surface area contributed by atoms with Gasteiger partial charge in [-0.15, -0.1) is 0 Å². The summed E-state index contributed by atoms with van der Waals surface area (Å²) in [6, 6.07) is 47.5. The molecule has 2 nitrogen and oxygen atoms in total. The van der Waals surface area contributed by atoms with Gasteiger partial charge in [-0.1, -0.05) is 97.1 Å². The van der Waals surface area contributed by atoms with E-state index in [4.69, 9.17) is 6.57 Å². The standard InChI is InChI=1S/C37H22N2/c1-38-26-17-20-36-35(22-26)32-19-16-25(21-37(32)39(36)27-10-3-2-4-11-27)33-23-34-28-12-6-5-9-24(28)15-18-31(34)29-13-7-8-14-30(29)33/h2-23H. The largest absolute Gasteiger partial charge is 0.309 e. The highest BCUT2D eigenvalue weighted by molar-refractivity contribution is 6.21. The van der Waals surface area contributed by atoms with Crippen LogP contribution in [0.5, 0.6) is 0 Å². The predicted octanol–water partition coefficient (Wildman–Crippen LogP) is 10.5.